The topological polar surface area (TPSA) is 43.8 Å². The summed E-state index contributed by atoms with van der Waals surface area (Å²) in [6, 6.07) is 7.28. The number of likely N-dealkylation sites (N-methyl/N-ethyl adjacent to an activating group) is 1. The standard InChI is InChI=1S/C15H22N2O2/c1-12-11-16(2)8-5-9-17(12)15(19)10-13-6-3-4-7-14(13)18/h3-4,6-7,12,18H,5,8-11H2,1-2H3. The number of aromatic hydroxyl groups is 1. The van der Waals surface area contributed by atoms with E-state index in [0.29, 0.717) is 5.56 Å². The Hall–Kier alpha value is -1.55. The molecule has 19 heavy (non-hydrogen) atoms. The molecule has 0 bridgehead atoms. The summed E-state index contributed by atoms with van der Waals surface area (Å²) in [6.07, 6.45) is 1.29. The van der Waals surface area contributed by atoms with E-state index in [2.05, 4.69) is 18.9 Å². The minimum Gasteiger partial charge on any atom is -0.508 e. The predicted molar refractivity (Wildman–Crippen MR) is 75.1 cm³/mol. The number of benzene rings is 1. The van der Waals surface area contributed by atoms with Gasteiger partial charge in [0.15, 0.2) is 0 Å². The number of nitrogens with zero attached hydrogens (tertiary/aromatic N) is 2. The fourth-order valence-electron chi connectivity index (χ4n) is 2.67. The number of phenols is 1. The van der Waals surface area contributed by atoms with Crippen LogP contribution in [0.2, 0.25) is 0 Å². The Morgan fingerprint density at radius 1 is 1.37 bits per heavy atom. The van der Waals surface area contributed by atoms with Gasteiger partial charge in [-0.1, -0.05) is 18.2 Å². The van der Waals surface area contributed by atoms with Crippen molar-refractivity contribution in [3.05, 3.63) is 29.8 Å². The largest absolute Gasteiger partial charge is 0.508 e. The first-order valence-corrected chi connectivity index (χ1v) is 6.83. The Kier molecular flexibility index (Phi) is 4.43. The molecule has 1 amide bonds. The molecule has 0 aliphatic carbocycles. The van der Waals surface area contributed by atoms with Gasteiger partial charge >= 0.3 is 0 Å². The summed E-state index contributed by atoms with van der Waals surface area (Å²) in [5.41, 5.74) is 0.706. The molecule has 1 fully saturated rings. The molecule has 1 heterocycles. The van der Waals surface area contributed by atoms with E-state index in [1.54, 1.807) is 12.1 Å². The molecule has 0 spiro atoms. The van der Waals surface area contributed by atoms with Crippen LogP contribution in [0.15, 0.2) is 24.3 Å². The van der Waals surface area contributed by atoms with E-state index >= 15 is 0 Å². The van der Waals surface area contributed by atoms with E-state index in [0.717, 1.165) is 26.1 Å². The average Bonchev–Trinajstić information content (AvgIpc) is 2.53. The molecule has 104 valence electrons. The fraction of sp³-hybridized carbons (Fsp3) is 0.533. The zero-order chi connectivity index (χ0) is 13.8. The third-order valence-electron chi connectivity index (χ3n) is 3.70. The van der Waals surface area contributed by atoms with Crippen LogP contribution in [0, 0.1) is 0 Å². The molecule has 1 aromatic carbocycles. The number of hydrogen-bond acceptors (Lipinski definition) is 3. The van der Waals surface area contributed by atoms with Crippen LogP contribution in [-0.2, 0) is 11.2 Å². The van der Waals surface area contributed by atoms with E-state index in [1.807, 2.05) is 17.0 Å². The van der Waals surface area contributed by atoms with Gasteiger partial charge < -0.3 is 14.9 Å². The lowest BCUT2D eigenvalue weighted by Gasteiger charge is -2.28. The number of para-hydroxylation sites is 1. The summed E-state index contributed by atoms with van der Waals surface area (Å²) in [5.74, 6) is 0.305. The first-order chi connectivity index (χ1) is 9.08. The highest BCUT2D eigenvalue weighted by Gasteiger charge is 2.24. The second-order valence-corrected chi connectivity index (χ2v) is 5.36. The Bertz CT molecular complexity index is 448. The van der Waals surface area contributed by atoms with Crippen molar-refractivity contribution in [2.45, 2.75) is 25.8 Å². The van der Waals surface area contributed by atoms with Gasteiger partial charge in [0.2, 0.25) is 5.91 Å². The maximum absolute atomic E-state index is 12.4. The summed E-state index contributed by atoms with van der Waals surface area (Å²) >= 11 is 0. The van der Waals surface area contributed by atoms with Crippen molar-refractivity contribution >= 4 is 5.91 Å². The number of phenolic OH excluding ortho intramolecular Hbond substituents is 1. The third-order valence-corrected chi connectivity index (χ3v) is 3.70. The highest BCUT2D eigenvalue weighted by atomic mass is 16.3. The van der Waals surface area contributed by atoms with E-state index in [-0.39, 0.29) is 24.1 Å². The summed E-state index contributed by atoms with van der Waals surface area (Å²) in [5, 5.41) is 9.74. The van der Waals surface area contributed by atoms with Crippen molar-refractivity contribution in [1.29, 1.82) is 0 Å². The number of carbonyl (C=O) groups is 1. The quantitative estimate of drug-likeness (QED) is 0.878. The summed E-state index contributed by atoms with van der Waals surface area (Å²) in [4.78, 5) is 16.6. The molecular formula is C15H22N2O2. The van der Waals surface area contributed by atoms with Crippen LogP contribution in [0.25, 0.3) is 0 Å². The highest BCUT2D eigenvalue weighted by molar-refractivity contribution is 5.79. The van der Waals surface area contributed by atoms with Gasteiger partial charge in [0.05, 0.1) is 6.42 Å². The molecule has 1 N–H and O–H groups in total. The zero-order valence-corrected chi connectivity index (χ0v) is 11.7. The van der Waals surface area contributed by atoms with Crippen molar-refractivity contribution < 1.29 is 9.90 Å². The summed E-state index contributed by atoms with van der Waals surface area (Å²) in [7, 11) is 2.09. The van der Waals surface area contributed by atoms with Gasteiger partial charge in [0.25, 0.3) is 0 Å². The Labute approximate surface area is 114 Å². The van der Waals surface area contributed by atoms with Crippen molar-refractivity contribution in [2.75, 3.05) is 26.7 Å². The lowest BCUT2D eigenvalue weighted by molar-refractivity contribution is -0.132. The first-order valence-electron chi connectivity index (χ1n) is 6.83. The molecule has 4 heteroatoms. The molecule has 0 saturated carbocycles. The number of carbonyl (C=O) groups excluding carboxylic acids is 1. The molecule has 1 aliphatic rings. The molecule has 4 nitrogen and oxygen atoms in total. The lowest BCUT2D eigenvalue weighted by Crippen LogP contribution is -2.42. The molecular weight excluding hydrogens is 240 g/mol. The maximum atomic E-state index is 12.4. The predicted octanol–water partition coefficient (Wildman–Crippen LogP) is 1.49. The van der Waals surface area contributed by atoms with Crippen molar-refractivity contribution in [1.82, 2.24) is 9.80 Å². The highest BCUT2D eigenvalue weighted by Crippen LogP contribution is 2.18. The summed E-state index contributed by atoms with van der Waals surface area (Å²) < 4.78 is 0. The molecule has 1 aromatic rings. The van der Waals surface area contributed by atoms with E-state index in [9.17, 15) is 9.90 Å². The van der Waals surface area contributed by atoms with Gasteiger partial charge in [-0.25, -0.2) is 0 Å². The van der Waals surface area contributed by atoms with Gasteiger partial charge in [-0.2, -0.15) is 0 Å². The van der Waals surface area contributed by atoms with Crippen LogP contribution in [-0.4, -0.2) is 53.5 Å². The fourth-order valence-corrected chi connectivity index (χ4v) is 2.67. The molecule has 0 aromatic heterocycles. The van der Waals surface area contributed by atoms with Crippen LogP contribution in [0.1, 0.15) is 18.9 Å². The number of rotatable bonds is 2. The van der Waals surface area contributed by atoms with Gasteiger partial charge in [0, 0.05) is 24.7 Å². The van der Waals surface area contributed by atoms with Gasteiger partial charge in [0.1, 0.15) is 5.75 Å². The van der Waals surface area contributed by atoms with Gasteiger partial charge in [-0.05, 0) is 33.0 Å². The minimum atomic E-state index is 0.101. The lowest BCUT2D eigenvalue weighted by atomic mass is 10.1. The second-order valence-electron chi connectivity index (χ2n) is 5.36. The second kappa shape index (κ2) is 6.06. The van der Waals surface area contributed by atoms with Crippen LogP contribution in [0.3, 0.4) is 0 Å². The van der Waals surface area contributed by atoms with E-state index in [4.69, 9.17) is 0 Å². The van der Waals surface area contributed by atoms with Gasteiger partial charge in [-0.15, -0.1) is 0 Å². The first kappa shape index (κ1) is 13.9. The maximum Gasteiger partial charge on any atom is 0.227 e. The van der Waals surface area contributed by atoms with Crippen molar-refractivity contribution in [3.63, 3.8) is 0 Å². The number of hydrogen-bond donors (Lipinski definition) is 1. The van der Waals surface area contributed by atoms with Crippen LogP contribution >= 0.6 is 0 Å². The molecule has 2 rings (SSSR count). The molecule has 1 unspecified atom stereocenters. The van der Waals surface area contributed by atoms with E-state index < -0.39 is 0 Å². The average molecular weight is 262 g/mol. The smallest absolute Gasteiger partial charge is 0.227 e. The normalized spacial score (nSPS) is 21.2. The molecule has 1 saturated heterocycles. The minimum absolute atomic E-state index is 0.101. The Morgan fingerprint density at radius 2 is 2.11 bits per heavy atom. The molecule has 0 radical (unpaired) electrons. The number of amides is 1. The zero-order valence-electron chi connectivity index (χ0n) is 11.7. The van der Waals surface area contributed by atoms with Crippen molar-refractivity contribution in [3.8, 4) is 5.75 Å². The van der Waals surface area contributed by atoms with Crippen LogP contribution in [0.4, 0.5) is 0 Å². The Morgan fingerprint density at radius 3 is 2.84 bits per heavy atom. The van der Waals surface area contributed by atoms with E-state index in [1.165, 1.54) is 0 Å². The van der Waals surface area contributed by atoms with Gasteiger partial charge in [-0.3, -0.25) is 4.79 Å². The van der Waals surface area contributed by atoms with Crippen LogP contribution < -0.4 is 0 Å². The van der Waals surface area contributed by atoms with Crippen molar-refractivity contribution in [2.24, 2.45) is 0 Å². The Balaban J connectivity index is 2.05. The summed E-state index contributed by atoms with van der Waals surface area (Å²) in [6.45, 7) is 4.83. The monoisotopic (exact) mass is 262 g/mol. The third kappa shape index (κ3) is 3.47. The molecule has 1 atom stereocenters. The molecule has 1 aliphatic heterocycles. The SMILES string of the molecule is CC1CN(C)CCCN1C(=O)Cc1ccccc1O. The van der Waals surface area contributed by atoms with Crippen LogP contribution in [0.5, 0.6) is 5.75 Å².